The van der Waals surface area contributed by atoms with E-state index in [1.165, 1.54) is 6.07 Å². The van der Waals surface area contributed by atoms with Crippen LogP contribution in [0, 0.1) is 5.92 Å². The maximum absolute atomic E-state index is 13.0. The molecule has 2 aromatic carbocycles. The molecule has 37 heavy (non-hydrogen) atoms. The number of anilines is 1. The second-order valence-electron chi connectivity index (χ2n) is 9.01. The lowest BCUT2D eigenvalue weighted by atomic mass is 9.97. The summed E-state index contributed by atoms with van der Waals surface area (Å²) in [6, 6.07) is 21.0. The minimum absolute atomic E-state index is 0.393. The Labute approximate surface area is 213 Å². The van der Waals surface area contributed by atoms with E-state index in [1.54, 1.807) is 6.92 Å². The molecule has 9 heteroatoms. The lowest BCUT2D eigenvalue weighted by Crippen LogP contribution is -2.41. The van der Waals surface area contributed by atoms with Gasteiger partial charge in [0, 0.05) is 19.3 Å². The van der Waals surface area contributed by atoms with Crippen LogP contribution in [-0.2, 0) is 20.5 Å². The van der Waals surface area contributed by atoms with Crippen LogP contribution < -0.4 is 10.2 Å². The van der Waals surface area contributed by atoms with Gasteiger partial charge < -0.3 is 15.0 Å². The van der Waals surface area contributed by atoms with Crippen LogP contribution in [0.1, 0.15) is 42.5 Å². The number of halogens is 3. The van der Waals surface area contributed by atoms with Gasteiger partial charge in [-0.05, 0) is 43.0 Å². The number of nitrogens with one attached hydrogen (secondary N) is 1. The maximum atomic E-state index is 13.0. The fourth-order valence-electron chi connectivity index (χ4n) is 4.32. The van der Waals surface area contributed by atoms with Crippen molar-refractivity contribution in [2.24, 2.45) is 5.92 Å². The average molecular weight is 512 g/mol. The minimum Gasteiger partial charge on any atom is -0.452 e. The number of esters is 1. The van der Waals surface area contributed by atoms with E-state index in [-0.39, 0.29) is 0 Å². The van der Waals surface area contributed by atoms with Gasteiger partial charge in [-0.15, -0.1) is 0 Å². The number of alkyl halides is 3. The lowest BCUT2D eigenvalue weighted by Gasteiger charge is -2.32. The van der Waals surface area contributed by atoms with E-state index in [4.69, 9.17) is 4.74 Å². The van der Waals surface area contributed by atoms with E-state index in [9.17, 15) is 22.8 Å². The first kappa shape index (κ1) is 26.2. The van der Waals surface area contributed by atoms with Crippen molar-refractivity contribution in [1.29, 1.82) is 0 Å². The highest BCUT2D eigenvalue weighted by atomic mass is 19.4. The molecule has 1 aliphatic rings. The van der Waals surface area contributed by atoms with Crippen LogP contribution >= 0.6 is 0 Å². The molecule has 0 bridgehead atoms. The quantitative estimate of drug-likeness (QED) is 0.444. The van der Waals surface area contributed by atoms with Gasteiger partial charge in [0.25, 0.3) is 5.91 Å². The van der Waals surface area contributed by atoms with E-state index in [0.29, 0.717) is 31.7 Å². The number of hydrogen-bond acceptors (Lipinski definition) is 5. The molecule has 0 spiro atoms. The summed E-state index contributed by atoms with van der Waals surface area (Å²) in [6.45, 7) is 2.44. The molecule has 2 heterocycles. The summed E-state index contributed by atoms with van der Waals surface area (Å²) >= 11 is 0. The van der Waals surface area contributed by atoms with Gasteiger partial charge in [-0.25, -0.2) is 4.98 Å². The molecule has 4 rings (SSSR count). The normalized spacial score (nSPS) is 15.3. The lowest BCUT2D eigenvalue weighted by molar-refractivity contribution is -0.159. The smallest absolute Gasteiger partial charge is 0.417 e. The average Bonchev–Trinajstić information content (AvgIpc) is 2.92. The first-order valence-electron chi connectivity index (χ1n) is 12.1. The molecule has 1 unspecified atom stereocenters. The third kappa shape index (κ3) is 6.67. The Bertz CT molecular complexity index is 1140. The van der Waals surface area contributed by atoms with Gasteiger partial charge >= 0.3 is 12.1 Å². The number of rotatable bonds is 7. The molecule has 1 amide bonds. The molecule has 0 saturated carbocycles. The number of ether oxygens (including phenoxy) is 1. The highest BCUT2D eigenvalue weighted by molar-refractivity contribution is 5.84. The summed E-state index contributed by atoms with van der Waals surface area (Å²) in [6.07, 6.45) is -3.71. The van der Waals surface area contributed by atoms with Crippen LogP contribution in [0.4, 0.5) is 19.0 Å². The summed E-state index contributed by atoms with van der Waals surface area (Å²) < 4.78 is 43.8. The SMILES string of the molecule is CC(OC(=O)C1CCN(c2ccc(C(F)(F)F)cn2)CC1)C(=O)NC(c1ccccc1)c1ccccc1. The fraction of sp³-hybridized carbons (Fsp3) is 0.321. The van der Waals surface area contributed by atoms with E-state index in [1.807, 2.05) is 65.6 Å². The van der Waals surface area contributed by atoms with Gasteiger partial charge in [-0.2, -0.15) is 13.2 Å². The first-order chi connectivity index (χ1) is 17.7. The Hall–Kier alpha value is -3.88. The third-order valence-electron chi connectivity index (χ3n) is 6.44. The zero-order valence-corrected chi connectivity index (χ0v) is 20.3. The Morgan fingerprint density at radius 2 is 1.51 bits per heavy atom. The number of pyridine rings is 1. The number of nitrogens with zero attached hydrogens (tertiary/aromatic N) is 2. The van der Waals surface area contributed by atoms with Gasteiger partial charge in [0.1, 0.15) is 5.82 Å². The zero-order valence-electron chi connectivity index (χ0n) is 20.3. The molecule has 3 aromatic rings. The summed E-state index contributed by atoms with van der Waals surface area (Å²) in [5, 5.41) is 2.99. The van der Waals surface area contributed by atoms with Crippen LogP contribution in [0.25, 0.3) is 0 Å². The number of benzene rings is 2. The largest absolute Gasteiger partial charge is 0.452 e. The standard InChI is InChI=1S/C28H28F3N3O3/c1-19(26(35)33-25(20-8-4-2-5-9-20)21-10-6-3-7-11-21)37-27(36)22-14-16-34(17-15-22)24-13-12-23(18-32-24)28(29,30)31/h2-13,18-19,22,25H,14-17H2,1H3,(H,33,35). The summed E-state index contributed by atoms with van der Waals surface area (Å²) in [4.78, 5) is 31.5. The van der Waals surface area contributed by atoms with Crippen molar-refractivity contribution in [2.45, 2.75) is 38.1 Å². The number of hydrogen-bond donors (Lipinski definition) is 1. The topological polar surface area (TPSA) is 71.5 Å². The van der Waals surface area contributed by atoms with Gasteiger partial charge in [-0.3, -0.25) is 9.59 Å². The number of carbonyl (C=O) groups is 2. The summed E-state index contributed by atoms with van der Waals surface area (Å²) in [5.74, 6) is -0.837. The highest BCUT2D eigenvalue weighted by Gasteiger charge is 2.32. The van der Waals surface area contributed by atoms with Crippen LogP contribution in [0.2, 0.25) is 0 Å². The number of carbonyl (C=O) groups excluding carboxylic acids is 2. The molecule has 1 atom stereocenters. The van der Waals surface area contributed by atoms with Gasteiger partial charge in [0.05, 0.1) is 17.5 Å². The number of aromatic nitrogens is 1. The predicted molar refractivity (Wildman–Crippen MR) is 133 cm³/mol. The first-order valence-corrected chi connectivity index (χ1v) is 12.1. The van der Waals surface area contributed by atoms with Crippen LogP contribution in [-0.4, -0.2) is 36.1 Å². The summed E-state index contributed by atoms with van der Waals surface area (Å²) in [5.41, 5.74) is 1.01. The molecule has 1 N–H and O–H groups in total. The molecule has 194 valence electrons. The predicted octanol–water partition coefficient (Wildman–Crippen LogP) is 5.15. The van der Waals surface area contributed by atoms with Gasteiger partial charge in [0.15, 0.2) is 6.10 Å². The van der Waals surface area contributed by atoms with Gasteiger partial charge in [-0.1, -0.05) is 60.7 Å². The van der Waals surface area contributed by atoms with Gasteiger partial charge in [0.2, 0.25) is 0 Å². The van der Waals surface area contributed by atoms with Crippen molar-refractivity contribution in [2.75, 3.05) is 18.0 Å². The van der Waals surface area contributed by atoms with E-state index < -0.39 is 41.7 Å². The Morgan fingerprint density at radius 1 is 0.946 bits per heavy atom. The van der Waals surface area contributed by atoms with Crippen molar-refractivity contribution in [3.63, 3.8) is 0 Å². The van der Waals surface area contributed by atoms with Crippen molar-refractivity contribution in [3.05, 3.63) is 95.7 Å². The molecule has 1 saturated heterocycles. The summed E-state index contributed by atoms with van der Waals surface area (Å²) in [7, 11) is 0. The van der Waals surface area contributed by atoms with Crippen LogP contribution in [0.15, 0.2) is 79.0 Å². The molecule has 0 aliphatic carbocycles. The van der Waals surface area contributed by atoms with E-state index in [2.05, 4.69) is 10.3 Å². The van der Waals surface area contributed by atoms with Crippen molar-refractivity contribution < 1.29 is 27.5 Å². The minimum atomic E-state index is -4.44. The van der Waals surface area contributed by atoms with Crippen molar-refractivity contribution in [3.8, 4) is 0 Å². The van der Waals surface area contributed by atoms with Crippen molar-refractivity contribution in [1.82, 2.24) is 10.3 Å². The molecule has 0 radical (unpaired) electrons. The van der Waals surface area contributed by atoms with E-state index >= 15 is 0 Å². The van der Waals surface area contributed by atoms with Crippen molar-refractivity contribution >= 4 is 17.7 Å². The second kappa shape index (κ2) is 11.5. The molecular weight excluding hydrogens is 483 g/mol. The zero-order chi connectivity index (χ0) is 26.4. The molecule has 1 aliphatic heterocycles. The fourth-order valence-corrected chi connectivity index (χ4v) is 4.32. The van der Waals surface area contributed by atoms with Crippen LogP contribution in [0.5, 0.6) is 0 Å². The maximum Gasteiger partial charge on any atom is 0.417 e. The Kier molecular flexibility index (Phi) is 8.11. The monoisotopic (exact) mass is 511 g/mol. The molecule has 1 aromatic heterocycles. The number of piperidine rings is 1. The van der Waals surface area contributed by atoms with Crippen LogP contribution in [0.3, 0.4) is 0 Å². The number of amides is 1. The molecule has 1 fully saturated rings. The Balaban J connectivity index is 1.32. The van der Waals surface area contributed by atoms with E-state index in [0.717, 1.165) is 23.4 Å². The molecular formula is C28H28F3N3O3. The molecule has 6 nitrogen and oxygen atoms in total. The second-order valence-corrected chi connectivity index (χ2v) is 9.01. The highest BCUT2D eigenvalue weighted by Crippen LogP contribution is 2.30. The Morgan fingerprint density at radius 3 is 2.00 bits per heavy atom. The third-order valence-corrected chi connectivity index (χ3v) is 6.44.